The van der Waals surface area contributed by atoms with Crippen LogP contribution in [0.2, 0.25) is 10.0 Å². The Morgan fingerprint density at radius 3 is 2.65 bits per heavy atom. The average molecular weight is 281 g/mol. The van der Waals surface area contributed by atoms with Crippen molar-refractivity contribution < 1.29 is 13.9 Å². The fraction of sp³-hybridized carbons (Fsp3) is 0.500. The maximum absolute atomic E-state index is 13.1. The molecule has 1 fully saturated rings. The van der Waals surface area contributed by atoms with Crippen LogP contribution in [0.3, 0.4) is 0 Å². The topological polar surface area (TPSA) is 20.2 Å². The van der Waals surface area contributed by atoms with E-state index in [2.05, 4.69) is 0 Å². The number of alkyl halides is 2. The van der Waals surface area contributed by atoms with Crippen molar-refractivity contribution in [2.45, 2.75) is 31.3 Å². The van der Waals surface area contributed by atoms with Gasteiger partial charge in [0.15, 0.2) is 0 Å². The fourth-order valence-electron chi connectivity index (χ4n) is 2.25. The van der Waals surface area contributed by atoms with Gasteiger partial charge in [-0.3, -0.25) is 0 Å². The molecule has 1 aromatic carbocycles. The molecule has 0 amide bonds. The lowest BCUT2D eigenvalue weighted by molar-refractivity contribution is -0.00509. The van der Waals surface area contributed by atoms with Crippen LogP contribution in [0, 0.1) is 5.92 Å². The first kappa shape index (κ1) is 13.1. The molecule has 0 heterocycles. The van der Waals surface area contributed by atoms with Crippen molar-refractivity contribution in [3.8, 4) is 0 Å². The van der Waals surface area contributed by atoms with Crippen LogP contribution in [0.15, 0.2) is 18.2 Å². The molecule has 0 saturated heterocycles. The zero-order valence-corrected chi connectivity index (χ0v) is 10.5. The summed E-state index contributed by atoms with van der Waals surface area (Å²) in [4.78, 5) is 0. The first-order valence-electron chi connectivity index (χ1n) is 5.40. The van der Waals surface area contributed by atoms with Gasteiger partial charge in [-0.15, -0.1) is 0 Å². The molecule has 1 N–H and O–H groups in total. The van der Waals surface area contributed by atoms with Crippen molar-refractivity contribution in [3.05, 3.63) is 33.8 Å². The fourth-order valence-corrected chi connectivity index (χ4v) is 2.66. The van der Waals surface area contributed by atoms with Crippen LogP contribution in [0.5, 0.6) is 0 Å². The average Bonchev–Trinajstić information content (AvgIpc) is 2.61. The van der Waals surface area contributed by atoms with Gasteiger partial charge in [-0.1, -0.05) is 23.2 Å². The smallest absolute Gasteiger partial charge is 0.248 e. The summed E-state index contributed by atoms with van der Waals surface area (Å²) < 4.78 is 26.2. The Balaban J connectivity index is 2.20. The third-order valence-corrected chi connectivity index (χ3v) is 3.74. The molecule has 0 radical (unpaired) electrons. The predicted molar refractivity (Wildman–Crippen MR) is 63.7 cm³/mol. The lowest BCUT2D eigenvalue weighted by atomic mass is 9.94. The number of hydrogen-bond acceptors (Lipinski definition) is 1. The first-order chi connectivity index (χ1) is 7.89. The van der Waals surface area contributed by atoms with E-state index in [1.807, 2.05) is 0 Å². The summed E-state index contributed by atoms with van der Waals surface area (Å²) in [5.41, 5.74) is 0.432. The second-order valence-corrected chi connectivity index (χ2v) is 5.31. The molecule has 2 rings (SSSR count). The Bertz CT molecular complexity index is 423. The highest BCUT2D eigenvalue weighted by Crippen LogP contribution is 2.45. The summed E-state index contributed by atoms with van der Waals surface area (Å²) in [6, 6.07) is 4.70. The highest BCUT2D eigenvalue weighted by atomic mass is 35.5. The van der Waals surface area contributed by atoms with Crippen LogP contribution in [0.4, 0.5) is 8.78 Å². The van der Waals surface area contributed by atoms with Crippen LogP contribution in [-0.2, 0) is 0 Å². The Labute approximate surface area is 108 Å². The van der Waals surface area contributed by atoms with Gasteiger partial charge in [0.2, 0.25) is 5.92 Å². The van der Waals surface area contributed by atoms with Crippen LogP contribution < -0.4 is 0 Å². The molecule has 0 spiro atoms. The normalized spacial score (nSPS) is 24.9. The predicted octanol–water partition coefficient (Wildman–Crippen LogP) is 4.46. The van der Waals surface area contributed by atoms with Crippen molar-refractivity contribution in [2.24, 2.45) is 5.92 Å². The second kappa shape index (κ2) is 4.71. The van der Waals surface area contributed by atoms with Crippen molar-refractivity contribution in [2.75, 3.05) is 0 Å². The van der Waals surface area contributed by atoms with Crippen molar-refractivity contribution in [1.82, 2.24) is 0 Å². The standard InChI is InChI=1S/C12H12Cl2F2O/c13-8-1-2-10(14)9(5-8)11(17)7-3-4-12(15,16)6-7/h1-2,5,7,11,17H,3-4,6H2. The monoisotopic (exact) mass is 280 g/mol. The Kier molecular flexibility index (Phi) is 3.62. The van der Waals surface area contributed by atoms with E-state index in [-0.39, 0.29) is 12.8 Å². The SMILES string of the molecule is OC(c1cc(Cl)ccc1Cl)C1CCC(F)(F)C1. The Morgan fingerprint density at radius 2 is 2.06 bits per heavy atom. The molecule has 2 unspecified atom stereocenters. The molecule has 0 bridgehead atoms. The molecule has 1 aromatic rings. The minimum absolute atomic E-state index is 0.174. The van der Waals surface area contributed by atoms with Crippen molar-refractivity contribution in [3.63, 3.8) is 0 Å². The van der Waals surface area contributed by atoms with Gasteiger partial charge in [-0.25, -0.2) is 8.78 Å². The zero-order chi connectivity index (χ0) is 12.6. The number of benzene rings is 1. The summed E-state index contributed by atoms with van der Waals surface area (Å²) >= 11 is 11.7. The molecule has 5 heteroatoms. The third-order valence-electron chi connectivity index (χ3n) is 3.16. The van der Waals surface area contributed by atoms with E-state index < -0.39 is 17.9 Å². The van der Waals surface area contributed by atoms with E-state index in [0.29, 0.717) is 22.0 Å². The molecular weight excluding hydrogens is 269 g/mol. The lowest BCUT2D eigenvalue weighted by Gasteiger charge is -2.19. The van der Waals surface area contributed by atoms with Gasteiger partial charge < -0.3 is 5.11 Å². The largest absolute Gasteiger partial charge is 0.388 e. The van der Waals surface area contributed by atoms with Gasteiger partial charge in [-0.05, 0) is 30.5 Å². The molecule has 0 aromatic heterocycles. The van der Waals surface area contributed by atoms with Gasteiger partial charge in [0.1, 0.15) is 0 Å². The summed E-state index contributed by atoms with van der Waals surface area (Å²) in [5.74, 6) is -3.13. The minimum Gasteiger partial charge on any atom is -0.388 e. The van der Waals surface area contributed by atoms with E-state index in [0.717, 1.165) is 0 Å². The van der Waals surface area contributed by atoms with Gasteiger partial charge in [-0.2, -0.15) is 0 Å². The maximum Gasteiger partial charge on any atom is 0.248 e. The highest BCUT2D eigenvalue weighted by molar-refractivity contribution is 6.33. The summed E-state index contributed by atoms with van der Waals surface area (Å²) in [7, 11) is 0. The summed E-state index contributed by atoms with van der Waals surface area (Å²) in [6.45, 7) is 0. The van der Waals surface area contributed by atoms with Crippen molar-refractivity contribution >= 4 is 23.2 Å². The van der Waals surface area contributed by atoms with Gasteiger partial charge in [0.05, 0.1) is 6.10 Å². The second-order valence-electron chi connectivity index (χ2n) is 4.47. The molecule has 1 aliphatic carbocycles. The number of aliphatic hydroxyl groups is 1. The van der Waals surface area contributed by atoms with E-state index in [1.54, 1.807) is 12.1 Å². The van der Waals surface area contributed by atoms with E-state index in [4.69, 9.17) is 23.2 Å². The first-order valence-corrected chi connectivity index (χ1v) is 6.15. The zero-order valence-electron chi connectivity index (χ0n) is 8.97. The van der Waals surface area contributed by atoms with Crippen LogP contribution in [0.25, 0.3) is 0 Å². The molecule has 1 nitrogen and oxygen atoms in total. The van der Waals surface area contributed by atoms with Crippen LogP contribution in [-0.4, -0.2) is 11.0 Å². The minimum atomic E-state index is -2.67. The lowest BCUT2D eigenvalue weighted by Crippen LogP contribution is -2.14. The number of rotatable bonds is 2. The Morgan fingerprint density at radius 1 is 1.35 bits per heavy atom. The van der Waals surface area contributed by atoms with Crippen LogP contribution >= 0.6 is 23.2 Å². The van der Waals surface area contributed by atoms with E-state index in [1.165, 1.54) is 6.07 Å². The number of hydrogen-bond donors (Lipinski definition) is 1. The van der Waals surface area contributed by atoms with Gasteiger partial charge >= 0.3 is 0 Å². The molecule has 0 aliphatic heterocycles. The molecule has 94 valence electrons. The molecule has 2 atom stereocenters. The van der Waals surface area contributed by atoms with Gasteiger partial charge in [0.25, 0.3) is 0 Å². The number of halogens is 4. The van der Waals surface area contributed by atoms with E-state index >= 15 is 0 Å². The molecular formula is C12H12Cl2F2O. The Hall–Kier alpha value is -0.380. The summed E-state index contributed by atoms with van der Waals surface area (Å²) in [5, 5.41) is 10.9. The molecule has 1 saturated carbocycles. The molecule has 1 aliphatic rings. The maximum atomic E-state index is 13.1. The van der Waals surface area contributed by atoms with Gasteiger partial charge in [0, 0.05) is 28.5 Å². The summed E-state index contributed by atoms with van der Waals surface area (Å²) in [6.07, 6.45) is -1.14. The van der Waals surface area contributed by atoms with Crippen LogP contribution in [0.1, 0.15) is 30.9 Å². The third kappa shape index (κ3) is 2.90. The quantitative estimate of drug-likeness (QED) is 0.848. The van der Waals surface area contributed by atoms with E-state index in [9.17, 15) is 13.9 Å². The highest BCUT2D eigenvalue weighted by Gasteiger charge is 2.42. The number of aliphatic hydroxyl groups excluding tert-OH is 1. The molecule has 17 heavy (non-hydrogen) atoms. The van der Waals surface area contributed by atoms with Crippen molar-refractivity contribution in [1.29, 1.82) is 0 Å².